The predicted molar refractivity (Wildman–Crippen MR) is 78.2 cm³/mol. The zero-order chi connectivity index (χ0) is 15.4. The van der Waals surface area contributed by atoms with Crippen LogP contribution < -0.4 is 15.8 Å². The first-order chi connectivity index (χ1) is 10.0. The Kier molecular flexibility index (Phi) is 4.08. The summed E-state index contributed by atoms with van der Waals surface area (Å²) in [5.41, 5.74) is 6.84. The highest BCUT2D eigenvalue weighted by atomic mass is 16.5. The topological polar surface area (TPSA) is 102 Å². The standard InChI is InChI=1S/C15H14N2O4/c1-21-13-8-9(6-7-11(13)15(19)20)17-12-5-3-2-4-10(12)14(16)18/h2-8,17H,1H3,(H2,16,18)(H,19,20). The van der Waals surface area contributed by atoms with Gasteiger partial charge in [-0.15, -0.1) is 0 Å². The van der Waals surface area contributed by atoms with Crippen LogP contribution in [0, 0.1) is 0 Å². The van der Waals surface area contributed by atoms with Crippen LogP contribution in [-0.4, -0.2) is 24.1 Å². The van der Waals surface area contributed by atoms with Crippen molar-refractivity contribution in [2.45, 2.75) is 0 Å². The summed E-state index contributed by atoms with van der Waals surface area (Å²) in [5.74, 6) is -1.40. The first kappa shape index (κ1) is 14.4. The van der Waals surface area contributed by atoms with Crippen molar-refractivity contribution in [2.24, 2.45) is 5.73 Å². The van der Waals surface area contributed by atoms with Crippen LogP contribution in [0.3, 0.4) is 0 Å². The number of ether oxygens (including phenoxy) is 1. The fourth-order valence-corrected chi connectivity index (χ4v) is 1.91. The number of hydrogen-bond acceptors (Lipinski definition) is 4. The number of nitrogens with two attached hydrogens (primary N) is 1. The molecule has 0 saturated heterocycles. The van der Waals surface area contributed by atoms with Crippen molar-refractivity contribution in [3.63, 3.8) is 0 Å². The lowest BCUT2D eigenvalue weighted by Crippen LogP contribution is -2.13. The smallest absolute Gasteiger partial charge is 0.339 e. The molecule has 0 atom stereocenters. The SMILES string of the molecule is COc1cc(Nc2ccccc2C(N)=O)ccc1C(=O)O. The Bertz CT molecular complexity index is 698. The normalized spacial score (nSPS) is 9.95. The number of nitrogens with one attached hydrogen (secondary N) is 1. The first-order valence-electron chi connectivity index (χ1n) is 6.10. The van der Waals surface area contributed by atoms with Gasteiger partial charge in [0.2, 0.25) is 0 Å². The van der Waals surface area contributed by atoms with E-state index in [0.717, 1.165) is 0 Å². The van der Waals surface area contributed by atoms with E-state index in [1.165, 1.54) is 13.2 Å². The molecule has 108 valence electrons. The van der Waals surface area contributed by atoms with Crippen molar-refractivity contribution in [2.75, 3.05) is 12.4 Å². The van der Waals surface area contributed by atoms with Gasteiger partial charge in [0.05, 0.1) is 18.4 Å². The van der Waals surface area contributed by atoms with Crippen molar-refractivity contribution in [3.05, 3.63) is 53.6 Å². The number of aromatic carboxylic acids is 1. The number of amides is 1. The van der Waals surface area contributed by atoms with Gasteiger partial charge in [0.25, 0.3) is 5.91 Å². The molecule has 6 heteroatoms. The van der Waals surface area contributed by atoms with E-state index in [9.17, 15) is 9.59 Å². The number of methoxy groups -OCH3 is 1. The van der Waals surface area contributed by atoms with Gasteiger partial charge in [-0.05, 0) is 24.3 Å². The molecule has 0 unspecified atom stereocenters. The zero-order valence-corrected chi connectivity index (χ0v) is 11.3. The molecule has 0 saturated carbocycles. The maximum atomic E-state index is 11.4. The summed E-state index contributed by atoms with van der Waals surface area (Å²) in [5, 5.41) is 12.1. The highest BCUT2D eigenvalue weighted by Gasteiger charge is 2.12. The van der Waals surface area contributed by atoms with Crippen molar-refractivity contribution in [1.29, 1.82) is 0 Å². The van der Waals surface area contributed by atoms with Gasteiger partial charge in [-0.3, -0.25) is 4.79 Å². The van der Waals surface area contributed by atoms with E-state index < -0.39 is 11.9 Å². The lowest BCUT2D eigenvalue weighted by molar-refractivity contribution is 0.0693. The summed E-state index contributed by atoms with van der Waals surface area (Å²) in [7, 11) is 1.39. The van der Waals surface area contributed by atoms with E-state index in [4.69, 9.17) is 15.6 Å². The van der Waals surface area contributed by atoms with E-state index >= 15 is 0 Å². The fraction of sp³-hybridized carbons (Fsp3) is 0.0667. The Balaban J connectivity index is 2.37. The molecule has 0 aliphatic rings. The predicted octanol–water partition coefficient (Wildman–Crippen LogP) is 2.24. The van der Waals surface area contributed by atoms with Crippen LogP contribution in [0.2, 0.25) is 0 Å². The number of rotatable bonds is 5. The monoisotopic (exact) mass is 286 g/mol. The quantitative estimate of drug-likeness (QED) is 0.782. The van der Waals surface area contributed by atoms with E-state index in [-0.39, 0.29) is 11.3 Å². The average Bonchev–Trinajstić information content (AvgIpc) is 2.47. The minimum Gasteiger partial charge on any atom is -0.496 e. The third-order valence-electron chi connectivity index (χ3n) is 2.90. The van der Waals surface area contributed by atoms with Gasteiger partial charge < -0.3 is 20.9 Å². The average molecular weight is 286 g/mol. The van der Waals surface area contributed by atoms with Gasteiger partial charge in [-0.25, -0.2) is 4.79 Å². The largest absolute Gasteiger partial charge is 0.496 e. The van der Waals surface area contributed by atoms with Gasteiger partial charge in [0, 0.05) is 11.8 Å². The van der Waals surface area contributed by atoms with E-state index in [2.05, 4.69) is 5.32 Å². The minimum atomic E-state index is -1.07. The number of anilines is 2. The second-order valence-corrected chi connectivity index (χ2v) is 4.26. The summed E-state index contributed by atoms with van der Waals surface area (Å²) < 4.78 is 5.05. The molecule has 0 radical (unpaired) electrons. The highest BCUT2D eigenvalue weighted by molar-refractivity contribution is 5.99. The maximum Gasteiger partial charge on any atom is 0.339 e. The molecule has 0 spiro atoms. The number of carbonyl (C=O) groups excluding carboxylic acids is 1. The molecule has 6 nitrogen and oxygen atoms in total. The van der Waals surface area contributed by atoms with Gasteiger partial charge in [0.1, 0.15) is 11.3 Å². The van der Waals surface area contributed by atoms with E-state index in [0.29, 0.717) is 16.9 Å². The highest BCUT2D eigenvalue weighted by Crippen LogP contribution is 2.27. The number of benzene rings is 2. The van der Waals surface area contributed by atoms with Crippen molar-refractivity contribution >= 4 is 23.3 Å². The Morgan fingerprint density at radius 2 is 1.86 bits per heavy atom. The molecular formula is C15H14N2O4. The minimum absolute atomic E-state index is 0.0613. The van der Waals surface area contributed by atoms with Gasteiger partial charge >= 0.3 is 5.97 Å². The lowest BCUT2D eigenvalue weighted by atomic mass is 10.1. The molecule has 0 aromatic heterocycles. The summed E-state index contributed by atoms with van der Waals surface area (Å²) in [4.78, 5) is 22.4. The summed E-state index contributed by atoms with van der Waals surface area (Å²) in [6.45, 7) is 0. The fourth-order valence-electron chi connectivity index (χ4n) is 1.91. The Morgan fingerprint density at radius 3 is 2.48 bits per heavy atom. The van der Waals surface area contributed by atoms with E-state index in [1.807, 2.05) is 0 Å². The molecule has 2 aromatic carbocycles. The van der Waals surface area contributed by atoms with Crippen LogP contribution in [0.1, 0.15) is 20.7 Å². The number of para-hydroxylation sites is 1. The number of hydrogen-bond donors (Lipinski definition) is 3. The Hall–Kier alpha value is -3.02. The molecule has 0 fully saturated rings. The summed E-state index contributed by atoms with van der Waals surface area (Å²) >= 11 is 0. The second-order valence-electron chi connectivity index (χ2n) is 4.26. The van der Waals surface area contributed by atoms with Crippen LogP contribution >= 0.6 is 0 Å². The zero-order valence-electron chi connectivity index (χ0n) is 11.3. The Labute approximate surface area is 121 Å². The summed E-state index contributed by atoms with van der Waals surface area (Å²) in [6, 6.07) is 11.3. The Morgan fingerprint density at radius 1 is 1.14 bits per heavy atom. The van der Waals surface area contributed by atoms with Gasteiger partial charge in [-0.2, -0.15) is 0 Å². The van der Waals surface area contributed by atoms with Crippen molar-refractivity contribution < 1.29 is 19.4 Å². The number of carboxylic acids is 1. The molecule has 0 heterocycles. The van der Waals surface area contributed by atoms with Crippen LogP contribution in [0.5, 0.6) is 5.75 Å². The first-order valence-corrected chi connectivity index (χ1v) is 6.10. The summed E-state index contributed by atoms with van der Waals surface area (Å²) in [6.07, 6.45) is 0. The van der Waals surface area contributed by atoms with Crippen LogP contribution in [0.25, 0.3) is 0 Å². The third-order valence-corrected chi connectivity index (χ3v) is 2.90. The van der Waals surface area contributed by atoms with Crippen LogP contribution in [0.4, 0.5) is 11.4 Å². The molecule has 2 aromatic rings. The third kappa shape index (κ3) is 3.11. The molecule has 21 heavy (non-hydrogen) atoms. The van der Waals surface area contributed by atoms with Gasteiger partial charge in [-0.1, -0.05) is 12.1 Å². The molecule has 1 amide bonds. The number of primary amides is 1. The van der Waals surface area contributed by atoms with Crippen LogP contribution in [0.15, 0.2) is 42.5 Å². The maximum absolute atomic E-state index is 11.4. The second kappa shape index (κ2) is 5.96. The van der Waals surface area contributed by atoms with E-state index in [1.54, 1.807) is 36.4 Å². The molecule has 0 aliphatic carbocycles. The molecular weight excluding hydrogens is 272 g/mol. The number of carboxylic acid groups (broad SMARTS) is 1. The molecule has 4 N–H and O–H groups in total. The lowest BCUT2D eigenvalue weighted by Gasteiger charge is -2.12. The molecule has 0 bridgehead atoms. The molecule has 2 rings (SSSR count). The van der Waals surface area contributed by atoms with Crippen molar-refractivity contribution in [3.8, 4) is 5.75 Å². The van der Waals surface area contributed by atoms with Gasteiger partial charge in [0.15, 0.2) is 0 Å². The number of carbonyl (C=O) groups is 2. The molecule has 0 aliphatic heterocycles. The van der Waals surface area contributed by atoms with Crippen molar-refractivity contribution in [1.82, 2.24) is 0 Å². The van der Waals surface area contributed by atoms with Crippen LogP contribution in [-0.2, 0) is 0 Å².